The van der Waals surface area contributed by atoms with Gasteiger partial charge in [0.05, 0.1) is 0 Å². The molecule has 1 aromatic heterocycles. The Kier molecular flexibility index (Phi) is 1.76. The van der Waals surface area contributed by atoms with Gasteiger partial charge in [0, 0.05) is 12.3 Å². The number of nitrogens with zero attached hydrogens (tertiary/aromatic N) is 1. The molecule has 0 aliphatic rings. The summed E-state index contributed by atoms with van der Waals surface area (Å²) >= 11 is 0. The van der Waals surface area contributed by atoms with Gasteiger partial charge in [0.1, 0.15) is 7.11 Å². The van der Waals surface area contributed by atoms with Gasteiger partial charge in [0.25, 0.3) is 5.56 Å². The first-order valence-corrected chi connectivity index (χ1v) is 2.98. The van der Waals surface area contributed by atoms with Crippen molar-refractivity contribution in [1.29, 1.82) is 0 Å². The van der Waals surface area contributed by atoms with Gasteiger partial charge in [-0.15, -0.1) is 0 Å². The van der Waals surface area contributed by atoms with Crippen LogP contribution in [-0.2, 0) is 0 Å². The summed E-state index contributed by atoms with van der Waals surface area (Å²) in [7, 11) is 1.46. The lowest BCUT2D eigenvalue weighted by Crippen LogP contribution is -2.23. The zero-order valence-corrected chi connectivity index (χ0v) is 6.00. The van der Waals surface area contributed by atoms with Crippen LogP contribution in [0.3, 0.4) is 0 Å². The Labute approximate surface area is 58.8 Å². The third-order valence-electron chi connectivity index (χ3n) is 1.24. The van der Waals surface area contributed by atoms with Crippen LogP contribution in [0.25, 0.3) is 0 Å². The molecule has 10 heavy (non-hydrogen) atoms. The van der Waals surface area contributed by atoms with Crippen LogP contribution in [0.5, 0.6) is 0 Å². The summed E-state index contributed by atoms with van der Waals surface area (Å²) in [6, 6.07) is 3.33. The van der Waals surface area contributed by atoms with Crippen LogP contribution in [0.2, 0.25) is 0 Å². The average molecular weight is 139 g/mol. The molecular weight excluding hydrogens is 130 g/mol. The standard InChI is InChI=1S/C7H9NO2/c1-6-3-4-8(10-2)7(9)5-6/h3-5H,1-2H3. The van der Waals surface area contributed by atoms with Gasteiger partial charge in [-0.2, -0.15) is 4.73 Å². The second kappa shape index (κ2) is 2.56. The van der Waals surface area contributed by atoms with E-state index in [9.17, 15) is 4.79 Å². The lowest BCUT2D eigenvalue weighted by Gasteiger charge is -2.00. The average Bonchev–Trinajstić information content (AvgIpc) is 1.88. The van der Waals surface area contributed by atoms with E-state index in [1.165, 1.54) is 17.9 Å². The van der Waals surface area contributed by atoms with Crippen molar-refractivity contribution >= 4 is 0 Å². The molecule has 1 rings (SSSR count). The predicted octanol–water partition coefficient (Wildman–Crippen LogP) is 0.215. The zero-order valence-electron chi connectivity index (χ0n) is 6.00. The zero-order chi connectivity index (χ0) is 7.56. The highest BCUT2D eigenvalue weighted by atomic mass is 16.6. The number of aromatic nitrogens is 1. The molecule has 0 spiro atoms. The summed E-state index contributed by atoms with van der Waals surface area (Å²) in [6.07, 6.45) is 1.59. The SMILES string of the molecule is COn1ccc(C)cc1=O. The molecule has 3 heteroatoms. The Bertz CT molecular complexity index is 277. The second-order valence-corrected chi connectivity index (χ2v) is 2.05. The van der Waals surface area contributed by atoms with Crippen LogP contribution in [-0.4, -0.2) is 11.8 Å². The molecule has 0 aromatic carbocycles. The third-order valence-corrected chi connectivity index (χ3v) is 1.24. The fourth-order valence-corrected chi connectivity index (χ4v) is 0.716. The van der Waals surface area contributed by atoms with Crippen molar-refractivity contribution in [2.45, 2.75) is 6.92 Å². The Morgan fingerprint density at radius 3 is 2.80 bits per heavy atom. The van der Waals surface area contributed by atoms with E-state index < -0.39 is 0 Å². The van der Waals surface area contributed by atoms with Crippen molar-refractivity contribution in [2.24, 2.45) is 0 Å². The van der Waals surface area contributed by atoms with Gasteiger partial charge in [-0.05, 0) is 18.6 Å². The largest absolute Gasteiger partial charge is 0.414 e. The van der Waals surface area contributed by atoms with Gasteiger partial charge in [0.15, 0.2) is 0 Å². The third kappa shape index (κ3) is 1.18. The minimum absolute atomic E-state index is 0.137. The molecule has 0 radical (unpaired) electrons. The first-order valence-electron chi connectivity index (χ1n) is 2.98. The van der Waals surface area contributed by atoms with Crippen LogP contribution in [0.1, 0.15) is 5.56 Å². The molecule has 0 aliphatic heterocycles. The molecule has 0 saturated heterocycles. The summed E-state index contributed by atoms with van der Waals surface area (Å²) < 4.78 is 1.17. The number of pyridine rings is 1. The van der Waals surface area contributed by atoms with Crippen molar-refractivity contribution < 1.29 is 4.84 Å². The van der Waals surface area contributed by atoms with Crippen LogP contribution >= 0.6 is 0 Å². The Morgan fingerprint density at radius 1 is 1.60 bits per heavy atom. The lowest BCUT2D eigenvalue weighted by atomic mass is 10.3. The maximum Gasteiger partial charge on any atom is 0.283 e. The van der Waals surface area contributed by atoms with Crippen molar-refractivity contribution in [1.82, 2.24) is 4.73 Å². The van der Waals surface area contributed by atoms with Gasteiger partial charge in [-0.3, -0.25) is 4.79 Å². The smallest absolute Gasteiger partial charge is 0.283 e. The molecule has 1 aromatic rings. The molecule has 0 saturated carbocycles. The van der Waals surface area contributed by atoms with E-state index in [0.717, 1.165) is 5.56 Å². The van der Waals surface area contributed by atoms with Crippen LogP contribution in [0.4, 0.5) is 0 Å². The summed E-state index contributed by atoms with van der Waals surface area (Å²) in [4.78, 5) is 15.6. The molecule has 0 unspecified atom stereocenters. The molecular formula is C7H9NO2. The van der Waals surface area contributed by atoms with E-state index in [1.807, 2.05) is 13.0 Å². The van der Waals surface area contributed by atoms with Crippen molar-refractivity contribution in [3.8, 4) is 0 Å². The van der Waals surface area contributed by atoms with Gasteiger partial charge in [-0.1, -0.05) is 0 Å². The van der Waals surface area contributed by atoms with Gasteiger partial charge in [0.2, 0.25) is 0 Å². The van der Waals surface area contributed by atoms with Gasteiger partial charge in [-0.25, -0.2) is 0 Å². The summed E-state index contributed by atoms with van der Waals surface area (Å²) in [6.45, 7) is 1.86. The molecule has 0 N–H and O–H groups in total. The maximum absolute atomic E-state index is 10.9. The summed E-state index contributed by atoms with van der Waals surface area (Å²) in [5.74, 6) is 0. The second-order valence-electron chi connectivity index (χ2n) is 2.05. The quantitative estimate of drug-likeness (QED) is 0.557. The normalized spacial score (nSPS) is 9.40. The highest BCUT2D eigenvalue weighted by Crippen LogP contribution is 1.87. The van der Waals surface area contributed by atoms with Crippen molar-refractivity contribution in [3.05, 3.63) is 34.2 Å². The van der Waals surface area contributed by atoms with Gasteiger partial charge < -0.3 is 4.84 Å². The highest BCUT2D eigenvalue weighted by Gasteiger charge is 1.91. The topological polar surface area (TPSA) is 31.2 Å². The van der Waals surface area contributed by atoms with Crippen molar-refractivity contribution in [3.63, 3.8) is 0 Å². The van der Waals surface area contributed by atoms with E-state index in [1.54, 1.807) is 6.20 Å². The summed E-state index contributed by atoms with van der Waals surface area (Å²) in [5, 5.41) is 0. The predicted molar refractivity (Wildman–Crippen MR) is 37.9 cm³/mol. The Morgan fingerprint density at radius 2 is 2.30 bits per heavy atom. The maximum atomic E-state index is 10.9. The first-order chi connectivity index (χ1) is 4.74. The Balaban J connectivity index is 3.20. The van der Waals surface area contributed by atoms with Crippen LogP contribution in [0.15, 0.2) is 23.1 Å². The highest BCUT2D eigenvalue weighted by molar-refractivity contribution is 5.07. The molecule has 0 atom stereocenters. The molecule has 0 aliphatic carbocycles. The fraction of sp³-hybridized carbons (Fsp3) is 0.286. The molecule has 54 valence electrons. The number of rotatable bonds is 1. The minimum atomic E-state index is -0.137. The van der Waals surface area contributed by atoms with E-state index >= 15 is 0 Å². The Hall–Kier alpha value is -1.25. The van der Waals surface area contributed by atoms with E-state index in [0.29, 0.717) is 0 Å². The van der Waals surface area contributed by atoms with E-state index in [-0.39, 0.29) is 5.56 Å². The monoisotopic (exact) mass is 139 g/mol. The molecule has 0 bridgehead atoms. The lowest BCUT2D eigenvalue weighted by molar-refractivity contribution is 0.157. The first kappa shape index (κ1) is 6.86. The van der Waals surface area contributed by atoms with Crippen molar-refractivity contribution in [2.75, 3.05) is 7.11 Å². The summed E-state index contributed by atoms with van der Waals surface area (Å²) in [5.41, 5.74) is 0.806. The van der Waals surface area contributed by atoms with E-state index in [4.69, 9.17) is 4.84 Å². The molecule has 0 amide bonds. The molecule has 1 heterocycles. The molecule has 3 nitrogen and oxygen atoms in total. The minimum Gasteiger partial charge on any atom is -0.414 e. The fourth-order valence-electron chi connectivity index (χ4n) is 0.716. The number of hydrogen-bond acceptors (Lipinski definition) is 2. The van der Waals surface area contributed by atoms with Crippen LogP contribution < -0.4 is 10.4 Å². The van der Waals surface area contributed by atoms with Crippen LogP contribution in [0, 0.1) is 6.92 Å². The van der Waals surface area contributed by atoms with Gasteiger partial charge >= 0.3 is 0 Å². The van der Waals surface area contributed by atoms with E-state index in [2.05, 4.69) is 0 Å². The molecule has 0 fully saturated rings. The number of hydrogen-bond donors (Lipinski definition) is 0. The number of aryl methyl sites for hydroxylation is 1.